The number of rotatable bonds is 7. The van der Waals surface area contributed by atoms with Gasteiger partial charge in [0, 0.05) is 32.9 Å². The molecular weight excluding hydrogens is 491 g/mol. The minimum Gasteiger partial charge on any atom is -0.321 e. The summed E-state index contributed by atoms with van der Waals surface area (Å²) in [5.41, 5.74) is 3.32. The number of aryl methyl sites for hydroxylation is 2. The van der Waals surface area contributed by atoms with Crippen molar-refractivity contribution in [3.8, 4) is 0 Å². The standard InChI is InChI=1S/C25H24Cl2N4O2S/c1-4-5-11-31-15(3)22(14(2)30-31)29-24(32)16-7-6-8-18(12-16)28-25(33)23-21(27)19-10-9-17(26)13-20(19)34-23/h6-10,12-13H,4-5,11H2,1-3H3,(H,28,33)(H,29,32). The van der Waals surface area contributed by atoms with E-state index >= 15 is 0 Å². The van der Waals surface area contributed by atoms with Crippen LogP contribution in [0, 0.1) is 13.8 Å². The van der Waals surface area contributed by atoms with Gasteiger partial charge in [0.25, 0.3) is 11.8 Å². The van der Waals surface area contributed by atoms with E-state index in [0.29, 0.717) is 31.9 Å². The van der Waals surface area contributed by atoms with E-state index in [4.69, 9.17) is 23.2 Å². The maximum Gasteiger partial charge on any atom is 0.267 e. The fourth-order valence-corrected chi connectivity index (χ4v) is 5.39. The van der Waals surface area contributed by atoms with E-state index in [-0.39, 0.29) is 11.8 Å². The van der Waals surface area contributed by atoms with Crippen LogP contribution in [0.5, 0.6) is 0 Å². The predicted octanol–water partition coefficient (Wildman–Crippen LogP) is 7.33. The molecule has 2 amide bonds. The van der Waals surface area contributed by atoms with Crippen LogP contribution in [0.25, 0.3) is 10.1 Å². The van der Waals surface area contributed by atoms with Gasteiger partial charge in [-0.2, -0.15) is 5.10 Å². The normalized spacial score (nSPS) is 11.1. The number of carbonyl (C=O) groups excluding carboxylic acids is 2. The largest absolute Gasteiger partial charge is 0.321 e. The second-order valence-corrected chi connectivity index (χ2v) is 9.86. The van der Waals surface area contributed by atoms with E-state index in [2.05, 4.69) is 22.7 Å². The van der Waals surface area contributed by atoms with Crippen LogP contribution in [0.2, 0.25) is 10.0 Å². The molecule has 0 radical (unpaired) electrons. The summed E-state index contributed by atoms with van der Waals surface area (Å²) in [7, 11) is 0. The number of unbranched alkanes of at least 4 members (excludes halogenated alkanes) is 1. The van der Waals surface area contributed by atoms with Crippen LogP contribution in [-0.4, -0.2) is 21.6 Å². The summed E-state index contributed by atoms with van der Waals surface area (Å²) in [6.45, 7) is 6.77. The molecule has 9 heteroatoms. The van der Waals surface area contributed by atoms with Crippen molar-refractivity contribution in [1.29, 1.82) is 0 Å². The van der Waals surface area contributed by atoms with E-state index in [0.717, 1.165) is 40.9 Å². The van der Waals surface area contributed by atoms with E-state index in [1.54, 1.807) is 42.5 Å². The molecule has 0 atom stereocenters. The zero-order chi connectivity index (χ0) is 24.4. The number of benzene rings is 2. The van der Waals surface area contributed by atoms with Gasteiger partial charge < -0.3 is 10.6 Å². The Kier molecular flexibility index (Phi) is 7.26. The molecule has 34 heavy (non-hydrogen) atoms. The number of nitrogens with zero attached hydrogens (tertiary/aromatic N) is 2. The molecule has 0 aliphatic carbocycles. The number of fused-ring (bicyclic) bond motifs is 1. The lowest BCUT2D eigenvalue weighted by Gasteiger charge is -2.09. The molecule has 4 rings (SSSR count). The highest BCUT2D eigenvalue weighted by Gasteiger charge is 2.19. The van der Waals surface area contributed by atoms with Crippen molar-refractivity contribution in [3.63, 3.8) is 0 Å². The lowest BCUT2D eigenvalue weighted by atomic mass is 10.1. The number of halogens is 2. The first-order valence-corrected chi connectivity index (χ1v) is 12.5. The molecule has 0 aliphatic heterocycles. The van der Waals surface area contributed by atoms with Crippen molar-refractivity contribution >= 4 is 67.8 Å². The molecular formula is C25H24Cl2N4O2S. The Morgan fingerprint density at radius 3 is 2.62 bits per heavy atom. The Labute approximate surface area is 211 Å². The first-order valence-electron chi connectivity index (χ1n) is 10.9. The number of amides is 2. The summed E-state index contributed by atoms with van der Waals surface area (Å²) in [6.07, 6.45) is 2.09. The SMILES string of the molecule is CCCCn1nc(C)c(NC(=O)c2cccc(NC(=O)c3sc4cc(Cl)ccc4c3Cl)c2)c1C. The number of anilines is 2. The van der Waals surface area contributed by atoms with Gasteiger partial charge in [-0.25, -0.2) is 0 Å². The van der Waals surface area contributed by atoms with Gasteiger partial charge in [0.15, 0.2) is 0 Å². The highest BCUT2D eigenvalue weighted by atomic mass is 35.5. The Bertz CT molecular complexity index is 1390. The molecule has 0 aliphatic rings. The van der Waals surface area contributed by atoms with E-state index < -0.39 is 0 Å². The Balaban J connectivity index is 1.51. The Morgan fingerprint density at radius 2 is 1.85 bits per heavy atom. The number of thiophene rings is 1. The van der Waals surface area contributed by atoms with Crippen molar-refractivity contribution < 1.29 is 9.59 Å². The van der Waals surface area contributed by atoms with Gasteiger partial charge in [-0.3, -0.25) is 14.3 Å². The topological polar surface area (TPSA) is 76.0 Å². The molecule has 0 bridgehead atoms. The summed E-state index contributed by atoms with van der Waals surface area (Å²) in [4.78, 5) is 26.3. The summed E-state index contributed by atoms with van der Waals surface area (Å²) >= 11 is 13.8. The van der Waals surface area contributed by atoms with Crippen LogP contribution in [0.4, 0.5) is 11.4 Å². The fourth-order valence-electron chi connectivity index (χ4n) is 3.70. The van der Waals surface area contributed by atoms with Gasteiger partial charge in [-0.15, -0.1) is 11.3 Å². The zero-order valence-electron chi connectivity index (χ0n) is 19.0. The van der Waals surface area contributed by atoms with Crippen LogP contribution in [0.3, 0.4) is 0 Å². The zero-order valence-corrected chi connectivity index (χ0v) is 21.4. The maximum atomic E-state index is 13.0. The molecule has 6 nitrogen and oxygen atoms in total. The quantitative estimate of drug-likeness (QED) is 0.271. The second kappa shape index (κ2) is 10.2. The van der Waals surface area contributed by atoms with Crippen molar-refractivity contribution in [3.05, 3.63) is 74.3 Å². The van der Waals surface area contributed by atoms with Crippen LogP contribution in [0.15, 0.2) is 42.5 Å². The monoisotopic (exact) mass is 514 g/mol. The maximum absolute atomic E-state index is 13.0. The second-order valence-electron chi connectivity index (χ2n) is 8.00. The molecule has 176 valence electrons. The first kappa shape index (κ1) is 24.3. The predicted molar refractivity (Wildman–Crippen MR) is 141 cm³/mol. The van der Waals surface area contributed by atoms with Gasteiger partial charge in [0.1, 0.15) is 4.88 Å². The molecule has 0 fully saturated rings. The molecule has 2 aromatic heterocycles. The third kappa shape index (κ3) is 4.97. The summed E-state index contributed by atoms with van der Waals surface area (Å²) < 4.78 is 2.76. The van der Waals surface area contributed by atoms with Gasteiger partial charge in [0.05, 0.1) is 22.1 Å². The van der Waals surface area contributed by atoms with Crippen molar-refractivity contribution in [2.45, 2.75) is 40.2 Å². The van der Waals surface area contributed by atoms with Crippen molar-refractivity contribution in [2.75, 3.05) is 10.6 Å². The molecule has 0 unspecified atom stereocenters. The Morgan fingerprint density at radius 1 is 1.06 bits per heavy atom. The van der Waals surface area contributed by atoms with Crippen LogP contribution < -0.4 is 10.6 Å². The third-order valence-electron chi connectivity index (χ3n) is 5.52. The average Bonchev–Trinajstić information content (AvgIpc) is 3.28. The molecule has 0 spiro atoms. The van der Waals surface area contributed by atoms with Crippen LogP contribution in [-0.2, 0) is 6.54 Å². The van der Waals surface area contributed by atoms with Crippen molar-refractivity contribution in [2.24, 2.45) is 0 Å². The van der Waals surface area contributed by atoms with Crippen molar-refractivity contribution in [1.82, 2.24) is 9.78 Å². The van der Waals surface area contributed by atoms with E-state index in [1.807, 2.05) is 18.5 Å². The van der Waals surface area contributed by atoms with E-state index in [1.165, 1.54) is 11.3 Å². The molecule has 0 saturated heterocycles. The van der Waals surface area contributed by atoms with E-state index in [9.17, 15) is 9.59 Å². The van der Waals surface area contributed by atoms with Gasteiger partial charge in [0.2, 0.25) is 0 Å². The molecule has 0 saturated carbocycles. The smallest absolute Gasteiger partial charge is 0.267 e. The average molecular weight is 515 g/mol. The molecule has 4 aromatic rings. The van der Waals surface area contributed by atoms with Crippen LogP contribution in [0.1, 0.15) is 51.2 Å². The third-order valence-corrected chi connectivity index (χ3v) is 7.41. The lowest BCUT2D eigenvalue weighted by Crippen LogP contribution is -2.15. The van der Waals surface area contributed by atoms with Crippen LogP contribution >= 0.6 is 34.5 Å². The fraction of sp³-hybridized carbons (Fsp3) is 0.240. The first-order chi connectivity index (χ1) is 16.3. The van der Waals surface area contributed by atoms with Gasteiger partial charge >= 0.3 is 0 Å². The minimum atomic E-state index is -0.344. The summed E-state index contributed by atoms with van der Waals surface area (Å²) in [5, 5.41) is 12.1. The summed E-state index contributed by atoms with van der Waals surface area (Å²) in [5.74, 6) is -0.615. The lowest BCUT2D eigenvalue weighted by molar-refractivity contribution is 0.101. The number of hydrogen-bond donors (Lipinski definition) is 2. The Hall–Kier alpha value is -2.87. The summed E-state index contributed by atoms with van der Waals surface area (Å²) in [6, 6.07) is 12.1. The minimum absolute atomic E-state index is 0.271. The van der Waals surface area contributed by atoms with Gasteiger partial charge in [-0.1, -0.05) is 48.7 Å². The molecule has 2 heterocycles. The number of hydrogen-bond acceptors (Lipinski definition) is 4. The number of nitrogens with one attached hydrogen (secondary N) is 2. The highest BCUT2D eigenvalue weighted by molar-refractivity contribution is 7.21. The number of aromatic nitrogens is 2. The highest BCUT2D eigenvalue weighted by Crippen LogP contribution is 2.37. The van der Waals surface area contributed by atoms with Gasteiger partial charge in [-0.05, 0) is 50.6 Å². The molecule has 2 N–H and O–H groups in total. The number of carbonyl (C=O) groups is 2. The molecule has 2 aromatic carbocycles.